The van der Waals surface area contributed by atoms with Crippen molar-refractivity contribution in [3.63, 3.8) is 0 Å². The molecule has 0 aliphatic carbocycles. The monoisotopic (exact) mass is 338 g/mol. The molecule has 0 saturated heterocycles. The third kappa shape index (κ3) is 2.36. The van der Waals surface area contributed by atoms with Crippen molar-refractivity contribution in [2.24, 2.45) is 0 Å². The zero-order chi connectivity index (χ0) is 14.1. The minimum absolute atomic E-state index is 0.0447. The quantitative estimate of drug-likeness (QED) is 0.879. The average molecular weight is 339 g/mol. The number of rotatable bonds is 2. The lowest BCUT2D eigenvalue weighted by Gasteiger charge is -2.10. The number of aromatic amines is 1. The first-order valence-electron chi connectivity index (χ1n) is 6.03. The molecular formula is C13H11BrN2O4. The maximum atomic E-state index is 10.9. The highest BCUT2D eigenvalue weighted by atomic mass is 79.9. The Balaban J connectivity index is 2.03. The van der Waals surface area contributed by atoms with Crippen molar-refractivity contribution in [3.8, 4) is 22.9 Å². The first kappa shape index (κ1) is 13.0. The van der Waals surface area contributed by atoms with Crippen molar-refractivity contribution in [1.29, 1.82) is 0 Å². The van der Waals surface area contributed by atoms with Gasteiger partial charge in [0.25, 0.3) is 0 Å². The van der Waals surface area contributed by atoms with Gasteiger partial charge in [-0.15, -0.1) is 0 Å². The molecule has 1 aliphatic heterocycles. The van der Waals surface area contributed by atoms with Crippen LogP contribution in [0.25, 0.3) is 11.4 Å². The van der Waals surface area contributed by atoms with E-state index < -0.39 is 5.97 Å². The molecule has 0 unspecified atom stereocenters. The fraction of sp³-hybridized carbons (Fsp3) is 0.231. The van der Waals surface area contributed by atoms with Crippen molar-refractivity contribution >= 4 is 21.9 Å². The fourth-order valence-corrected chi connectivity index (χ4v) is 2.50. The van der Waals surface area contributed by atoms with Crippen LogP contribution in [0.2, 0.25) is 0 Å². The van der Waals surface area contributed by atoms with Gasteiger partial charge < -0.3 is 19.6 Å². The zero-order valence-electron chi connectivity index (χ0n) is 10.4. The molecule has 0 bridgehead atoms. The molecule has 2 heterocycles. The summed E-state index contributed by atoms with van der Waals surface area (Å²) in [6.45, 7) is 1.19. The number of H-pyrrole nitrogens is 1. The number of nitrogens with one attached hydrogen (secondary N) is 1. The molecule has 1 aromatic carbocycles. The van der Waals surface area contributed by atoms with Gasteiger partial charge in [0.15, 0.2) is 11.5 Å². The van der Waals surface area contributed by atoms with Gasteiger partial charge in [-0.1, -0.05) is 0 Å². The van der Waals surface area contributed by atoms with E-state index >= 15 is 0 Å². The van der Waals surface area contributed by atoms with Gasteiger partial charge in [-0.2, -0.15) is 0 Å². The van der Waals surface area contributed by atoms with Crippen molar-refractivity contribution < 1.29 is 19.4 Å². The van der Waals surface area contributed by atoms with Crippen molar-refractivity contribution in [1.82, 2.24) is 9.97 Å². The van der Waals surface area contributed by atoms with Gasteiger partial charge >= 0.3 is 5.97 Å². The number of nitrogens with zero attached hydrogens (tertiary/aromatic N) is 1. The Morgan fingerprint density at radius 2 is 2.15 bits per heavy atom. The van der Waals surface area contributed by atoms with E-state index in [9.17, 15) is 4.79 Å². The summed E-state index contributed by atoms with van der Waals surface area (Å²) in [4.78, 5) is 17.7. The summed E-state index contributed by atoms with van der Waals surface area (Å²) in [5.41, 5.74) is 0.775. The van der Waals surface area contributed by atoms with E-state index in [0.717, 1.165) is 16.5 Å². The number of carboxylic acid groups (broad SMARTS) is 1. The molecule has 3 rings (SSSR count). The number of halogens is 1. The molecule has 0 spiro atoms. The maximum Gasteiger partial charge on any atom is 0.353 e. The van der Waals surface area contributed by atoms with Gasteiger partial charge in [0, 0.05) is 12.0 Å². The van der Waals surface area contributed by atoms with Crippen molar-refractivity contribution in [2.45, 2.75) is 6.42 Å². The lowest BCUT2D eigenvalue weighted by atomic mass is 10.2. The number of carboxylic acids is 1. The number of benzene rings is 1. The van der Waals surface area contributed by atoms with E-state index in [1.165, 1.54) is 6.20 Å². The van der Waals surface area contributed by atoms with E-state index in [-0.39, 0.29) is 5.69 Å². The molecule has 0 fully saturated rings. The first-order valence-corrected chi connectivity index (χ1v) is 6.82. The second-order valence-electron chi connectivity index (χ2n) is 4.29. The molecule has 0 radical (unpaired) electrons. The predicted molar refractivity (Wildman–Crippen MR) is 74.3 cm³/mol. The summed E-state index contributed by atoms with van der Waals surface area (Å²) in [6.07, 6.45) is 2.11. The van der Waals surface area contributed by atoms with Crippen molar-refractivity contribution in [3.05, 3.63) is 28.5 Å². The Bertz CT molecular complexity index is 668. The van der Waals surface area contributed by atoms with Crippen LogP contribution in [0, 0.1) is 0 Å². The van der Waals surface area contributed by atoms with Crippen LogP contribution in [0.1, 0.15) is 16.9 Å². The van der Waals surface area contributed by atoms with E-state index in [0.29, 0.717) is 30.5 Å². The molecule has 0 saturated carbocycles. The standard InChI is InChI=1S/C13H11BrN2O4/c14-8-4-7(12-15-6-9(16-12)13(17)18)5-10-11(8)20-3-1-2-19-10/h4-6H,1-3H2,(H,15,16)(H,17,18). The molecular weight excluding hydrogens is 328 g/mol. The summed E-state index contributed by atoms with van der Waals surface area (Å²) in [6, 6.07) is 3.61. The maximum absolute atomic E-state index is 10.9. The number of hydrogen-bond donors (Lipinski definition) is 2. The number of hydrogen-bond acceptors (Lipinski definition) is 4. The third-order valence-corrected chi connectivity index (χ3v) is 3.47. The van der Waals surface area contributed by atoms with Crippen LogP contribution in [0.4, 0.5) is 0 Å². The van der Waals surface area contributed by atoms with E-state index in [4.69, 9.17) is 14.6 Å². The second kappa shape index (κ2) is 5.16. The molecule has 0 amide bonds. The lowest BCUT2D eigenvalue weighted by molar-refractivity contribution is 0.0691. The number of imidazole rings is 1. The van der Waals surface area contributed by atoms with Gasteiger partial charge in [0.2, 0.25) is 0 Å². The minimum atomic E-state index is -1.04. The molecule has 104 valence electrons. The Labute approximate surface area is 122 Å². The normalized spacial score (nSPS) is 13.8. The summed E-state index contributed by atoms with van der Waals surface area (Å²) >= 11 is 3.44. The summed E-state index contributed by atoms with van der Waals surface area (Å²) in [7, 11) is 0. The highest BCUT2D eigenvalue weighted by Crippen LogP contribution is 2.40. The second-order valence-corrected chi connectivity index (χ2v) is 5.14. The van der Waals surface area contributed by atoms with Crippen LogP contribution in [-0.2, 0) is 0 Å². The average Bonchev–Trinajstić information content (AvgIpc) is 2.79. The summed E-state index contributed by atoms with van der Waals surface area (Å²) in [5, 5.41) is 8.90. The molecule has 0 atom stereocenters. The zero-order valence-corrected chi connectivity index (χ0v) is 11.9. The predicted octanol–water partition coefficient (Wildman–Crippen LogP) is 2.70. The third-order valence-electron chi connectivity index (χ3n) is 2.88. The smallest absolute Gasteiger partial charge is 0.353 e. The number of ether oxygens (including phenoxy) is 2. The van der Waals surface area contributed by atoms with Gasteiger partial charge in [-0.25, -0.2) is 9.78 Å². The first-order chi connectivity index (χ1) is 9.65. The van der Waals surface area contributed by atoms with Gasteiger partial charge in [0.1, 0.15) is 11.5 Å². The van der Waals surface area contributed by atoms with Crippen LogP contribution in [0.5, 0.6) is 11.5 Å². The Morgan fingerprint density at radius 1 is 1.35 bits per heavy atom. The largest absolute Gasteiger partial charge is 0.489 e. The molecule has 7 heteroatoms. The summed E-state index contributed by atoms with van der Waals surface area (Å²) in [5.74, 6) is 0.715. The minimum Gasteiger partial charge on any atom is -0.489 e. The molecule has 2 N–H and O–H groups in total. The Morgan fingerprint density at radius 3 is 2.90 bits per heavy atom. The van der Waals surface area contributed by atoms with Crippen LogP contribution < -0.4 is 9.47 Å². The number of fused-ring (bicyclic) bond motifs is 1. The topological polar surface area (TPSA) is 84.4 Å². The Hall–Kier alpha value is -2.02. The van der Waals surface area contributed by atoms with Crippen LogP contribution in [-0.4, -0.2) is 34.3 Å². The lowest BCUT2D eigenvalue weighted by Crippen LogP contribution is -1.97. The number of aromatic carboxylic acids is 1. The molecule has 6 nitrogen and oxygen atoms in total. The SMILES string of the molecule is O=C(O)c1cnc(-c2cc(Br)c3c(c2)OCCCO3)[nH]1. The van der Waals surface area contributed by atoms with E-state index in [2.05, 4.69) is 25.9 Å². The fourth-order valence-electron chi connectivity index (χ4n) is 1.94. The highest BCUT2D eigenvalue weighted by Gasteiger charge is 2.17. The van der Waals surface area contributed by atoms with Gasteiger partial charge in [-0.3, -0.25) is 0 Å². The van der Waals surface area contributed by atoms with Gasteiger partial charge in [0.05, 0.1) is 23.9 Å². The highest BCUT2D eigenvalue weighted by molar-refractivity contribution is 9.10. The van der Waals surface area contributed by atoms with Crippen molar-refractivity contribution in [2.75, 3.05) is 13.2 Å². The molecule has 1 aliphatic rings. The van der Waals surface area contributed by atoms with Crippen LogP contribution in [0.15, 0.2) is 22.8 Å². The molecule has 20 heavy (non-hydrogen) atoms. The van der Waals surface area contributed by atoms with Crippen LogP contribution in [0.3, 0.4) is 0 Å². The van der Waals surface area contributed by atoms with E-state index in [1.54, 1.807) is 6.07 Å². The number of carbonyl (C=O) groups is 1. The van der Waals surface area contributed by atoms with E-state index in [1.807, 2.05) is 6.07 Å². The molecule has 2 aromatic rings. The number of aromatic nitrogens is 2. The van der Waals surface area contributed by atoms with Crippen LogP contribution >= 0.6 is 15.9 Å². The Kier molecular flexibility index (Phi) is 3.35. The summed E-state index contributed by atoms with van der Waals surface area (Å²) < 4.78 is 12.0. The van der Waals surface area contributed by atoms with Gasteiger partial charge in [-0.05, 0) is 28.1 Å². The molecule has 1 aromatic heterocycles.